The maximum atomic E-state index is 12.7. The standard InChI is InChI=1S/C34H50N2O6S/c1-3-5-6-7-8-9-10-11-12-13-14-15-16-17-18-19-28-26-34(37)36(35-28)29-20-25-32(33(27-29)43(38,39)40)42-31-23-21-30(22-24-31)41-4-2/h20-25,27H,3-19,26H2,1-2H3,(H,38,39,40). The molecule has 0 fully saturated rings. The minimum absolute atomic E-state index is 0.0518. The topological polar surface area (TPSA) is 106 Å². The Bertz CT molecular complexity index is 1260. The maximum absolute atomic E-state index is 12.7. The minimum atomic E-state index is -4.63. The highest BCUT2D eigenvalue weighted by Gasteiger charge is 2.27. The van der Waals surface area contributed by atoms with E-state index in [0.29, 0.717) is 18.1 Å². The number of unbranched alkanes of at least 4 members (excludes halogenated alkanes) is 14. The molecule has 0 saturated heterocycles. The van der Waals surface area contributed by atoms with Crippen molar-refractivity contribution in [3.8, 4) is 17.2 Å². The molecule has 1 amide bonds. The Balaban J connectivity index is 1.41. The van der Waals surface area contributed by atoms with Gasteiger partial charge in [-0.1, -0.05) is 96.8 Å². The molecular weight excluding hydrogens is 564 g/mol. The van der Waals surface area contributed by atoms with E-state index in [4.69, 9.17) is 9.47 Å². The van der Waals surface area contributed by atoms with Gasteiger partial charge in [0.1, 0.15) is 22.1 Å². The van der Waals surface area contributed by atoms with Crippen LogP contribution in [-0.2, 0) is 14.9 Å². The summed E-state index contributed by atoms with van der Waals surface area (Å²) in [6, 6.07) is 10.9. The van der Waals surface area contributed by atoms with Crippen molar-refractivity contribution in [2.45, 2.75) is 128 Å². The fourth-order valence-electron chi connectivity index (χ4n) is 5.33. The van der Waals surface area contributed by atoms with Gasteiger partial charge in [-0.3, -0.25) is 9.35 Å². The third-order valence-corrected chi connectivity index (χ3v) is 8.59. The highest BCUT2D eigenvalue weighted by Crippen LogP contribution is 2.34. The van der Waals surface area contributed by atoms with Gasteiger partial charge in [-0.2, -0.15) is 13.5 Å². The van der Waals surface area contributed by atoms with Crippen LogP contribution in [0.5, 0.6) is 17.2 Å². The Labute approximate surface area is 258 Å². The zero-order chi connectivity index (χ0) is 30.9. The van der Waals surface area contributed by atoms with Crippen LogP contribution in [0, 0.1) is 0 Å². The molecule has 1 aliphatic rings. The van der Waals surface area contributed by atoms with Crippen molar-refractivity contribution < 1.29 is 27.2 Å². The van der Waals surface area contributed by atoms with Crippen molar-refractivity contribution in [1.29, 1.82) is 0 Å². The number of rotatable bonds is 22. The number of hydrazone groups is 1. The van der Waals surface area contributed by atoms with E-state index in [-0.39, 0.29) is 23.8 Å². The molecule has 0 atom stereocenters. The molecule has 1 aliphatic heterocycles. The summed E-state index contributed by atoms with van der Waals surface area (Å²) in [4.78, 5) is 12.3. The first-order valence-electron chi connectivity index (χ1n) is 16.2. The monoisotopic (exact) mass is 614 g/mol. The Morgan fingerprint density at radius 1 is 0.767 bits per heavy atom. The lowest BCUT2D eigenvalue weighted by Crippen LogP contribution is -2.20. The van der Waals surface area contributed by atoms with Crippen LogP contribution in [-0.4, -0.2) is 31.2 Å². The molecular formula is C34H50N2O6S. The predicted octanol–water partition coefficient (Wildman–Crippen LogP) is 9.48. The van der Waals surface area contributed by atoms with Crippen LogP contribution >= 0.6 is 0 Å². The van der Waals surface area contributed by atoms with Crippen molar-refractivity contribution >= 4 is 27.4 Å². The molecule has 0 saturated carbocycles. The van der Waals surface area contributed by atoms with Gasteiger partial charge in [0.25, 0.3) is 16.0 Å². The first-order valence-corrected chi connectivity index (χ1v) is 17.7. The van der Waals surface area contributed by atoms with Gasteiger partial charge in [0.2, 0.25) is 0 Å². The quantitative estimate of drug-likeness (QED) is 0.105. The molecule has 0 unspecified atom stereocenters. The Kier molecular flexibility index (Phi) is 15.0. The van der Waals surface area contributed by atoms with E-state index >= 15 is 0 Å². The van der Waals surface area contributed by atoms with Crippen LogP contribution < -0.4 is 14.5 Å². The molecule has 0 bridgehead atoms. The van der Waals surface area contributed by atoms with E-state index < -0.39 is 15.0 Å². The van der Waals surface area contributed by atoms with Gasteiger partial charge in [0.15, 0.2) is 0 Å². The van der Waals surface area contributed by atoms with E-state index in [1.165, 1.54) is 101 Å². The van der Waals surface area contributed by atoms with E-state index in [1.54, 1.807) is 30.3 Å². The number of hydrogen-bond acceptors (Lipinski definition) is 6. The molecule has 238 valence electrons. The van der Waals surface area contributed by atoms with Crippen LogP contribution in [0.1, 0.15) is 123 Å². The van der Waals surface area contributed by atoms with Crippen molar-refractivity contribution in [3.63, 3.8) is 0 Å². The second kappa shape index (κ2) is 18.7. The highest BCUT2D eigenvalue weighted by atomic mass is 32.2. The number of nitrogens with zero attached hydrogens (tertiary/aromatic N) is 2. The van der Waals surface area contributed by atoms with Crippen LogP contribution in [0.2, 0.25) is 0 Å². The van der Waals surface area contributed by atoms with E-state index in [9.17, 15) is 17.8 Å². The molecule has 2 aromatic rings. The average molecular weight is 615 g/mol. The summed E-state index contributed by atoms with van der Waals surface area (Å²) in [5.74, 6) is 0.759. The SMILES string of the molecule is CCCCCCCCCCCCCCCCCC1=NN(c2ccc(Oc3ccc(OCC)cc3)c(S(=O)(=O)O)c2)C(=O)C1. The van der Waals surface area contributed by atoms with Crippen LogP contribution in [0.25, 0.3) is 0 Å². The number of hydrogen-bond donors (Lipinski definition) is 1. The Hall–Kier alpha value is -2.91. The van der Waals surface area contributed by atoms with Crippen LogP contribution in [0.4, 0.5) is 5.69 Å². The minimum Gasteiger partial charge on any atom is -0.494 e. The number of benzene rings is 2. The number of ether oxygens (including phenoxy) is 2. The van der Waals surface area contributed by atoms with Gasteiger partial charge in [-0.25, -0.2) is 5.01 Å². The molecule has 43 heavy (non-hydrogen) atoms. The first kappa shape index (κ1) is 34.6. The second-order valence-electron chi connectivity index (χ2n) is 11.4. The largest absolute Gasteiger partial charge is 0.494 e. The summed E-state index contributed by atoms with van der Waals surface area (Å²) in [6.07, 6.45) is 20.4. The molecule has 2 aromatic carbocycles. The second-order valence-corrected chi connectivity index (χ2v) is 12.8. The smallest absolute Gasteiger partial charge is 0.298 e. The number of amides is 1. The third-order valence-electron chi connectivity index (χ3n) is 7.71. The van der Waals surface area contributed by atoms with Gasteiger partial charge < -0.3 is 9.47 Å². The summed E-state index contributed by atoms with van der Waals surface area (Å²) in [5, 5.41) is 5.69. The van der Waals surface area contributed by atoms with Crippen LogP contribution in [0.15, 0.2) is 52.5 Å². The molecule has 0 spiro atoms. The van der Waals surface area contributed by atoms with Crippen molar-refractivity contribution in [3.05, 3.63) is 42.5 Å². The van der Waals surface area contributed by atoms with Gasteiger partial charge in [0, 0.05) is 5.71 Å². The molecule has 1 heterocycles. The number of carbonyl (C=O) groups excluding carboxylic acids is 1. The fourth-order valence-corrected chi connectivity index (χ4v) is 5.97. The van der Waals surface area contributed by atoms with E-state index in [2.05, 4.69) is 12.0 Å². The van der Waals surface area contributed by atoms with E-state index in [1.807, 2.05) is 6.92 Å². The average Bonchev–Trinajstić information content (AvgIpc) is 3.36. The van der Waals surface area contributed by atoms with Gasteiger partial charge in [-0.05, 0) is 62.2 Å². The van der Waals surface area contributed by atoms with Gasteiger partial charge in [0.05, 0.1) is 18.7 Å². The fraction of sp³-hybridized carbons (Fsp3) is 0.588. The zero-order valence-electron chi connectivity index (χ0n) is 26.1. The zero-order valence-corrected chi connectivity index (χ0v) is 26.9. The number of carbonyl (C=O) groups is 1. The van der Waals surface area contributed by atoms with Crippen molar-refractivity contribution in [1.82, 2.24) is 0 Å². The molecule has 8 nitrogen and oxygen atoms in total. The van der Waals surface area contributed by atoms with Gasteiger partial charge >= 0.3 is 0 Å². The summed E-state index contributed by atoms with van der Waals surface area (Å²) >= 11 is 0. The van der Waals surface area contributed by atoms with Crippen molar-refractivity contribution in [2.75, 3.05) is 11.6 Å². The Morgan fingerprint density at radius 3 is 1.84 bits per heavy atom. The normalized spacial score (nSPS) is 13.4. The predicted molar refractivity (Wildman–Crippen MR) is 173 cm³/mol. The lowest BCUT2D eigenvalue weighted by Gasteiger charge is -2.15. The highest BCUT2D eigenvalue weighted by molar-refractivity contribution is 7.86. The number of anilines is 1. The molecule has 3 rings (SSSR count). The van der Waals surface area contributed by atoms with Crippen molar-refractivity contribution in [2.24, 2.45) is 5.10 Å². The van der Waals surface area contributed by atoms with E-state index in [0.717, 1.165) is 25.0 Å². The van der Waals surface area contributed by atoms with Gasteiger partial charge in [-0.15, -0.1) is 0 Å². The summed E-state index contributed by atoms with van der Waals surface area (Å²) in [5.41, 5.74) is 1.06. The molecule has 9 heteroatoms. The summed E-state index contributed by atoms with van der Waals surface area (Å²) < 4.78 is 45.4. The third kappa shape index (κ3) is 12.3. The Morgan fingerprint density at radius 2 is 1.30 bits per heavy atom. The lowest BCUT2D eigenvalue weighted by molar-refractivity contribution is -0.116. The molecule has 1 N–H and O–H groups in total. The summed E-state index contributed by atoms with van der Waals surface area (Å²) in [7, 11) is -4.63. The first-order chi connectivity index (χ1) is 20.8. The maximum Gasteiger partial charge on any atom is 0.298 e. The molecule has 0 aromatic heterocycles. The lowest BCUT2D eigenvalue weighted by atomic mass is 10.0. The molecule has 0 aliphatic carbocycles. The van der Waals surface area contributed by atoms with Crippen LogP contribution in [0.3, 0.4) is 0 Å². The molecule has 0 radical (unpaired) electrons. The summed E-state index contributed by atoms with van der Waals surface area (Å²) in [6.45, 7) is 4.66.